The minimum Gasteiger partial charge on any atom is -0.281 e. The molecule has 20 heavy (non-hydrogen) atoms. The maximum atomic E-state index is 12.1. The second kappa shape index (κ2) is 6.77. The molecule has 0 fully saturated rings. The first kappa shape index (κ1) is 14.9. The molecule has 2 nitrogen and oxygen atoms in total. The molecule has 0 unspecified atom stereocenters. The van der Waals surface area contributed by atoms with E-state index in [-0.39, 0.29) is 10.2 Å². The van der Waals surface area contributed by atoms with E-state index in [9.17, 15) is 9.59 Å². The normalized spacial score (nSPS) is 10.3. The van der Waals surface area contributed by atoms with Crippen molar-refractivity contribution in [3.63, 3.8) is 0 Å². The van der Waals surface area contributed by atoms with Gasteiger partial charge in [0, 0.05) is 11.1 Å². The Balaban J connectivity index is 2.03. The highest BCUT2D eigenvalue weighted by Crippen LogP contribution is 2.31. The van der Waals surface area contributed by atoms with Crippen LogP contribution in [0.2, 0.25) is 0 Å². The molecule has 0 radical (unpaired) electrons. The average Bonchev–Trinajstić information content (AvgIpc) is 2.45. The van der Waals surface area contributed by atoms with Crippen molar-refractivity contribution in [2.75, 3.05) is 0 Å². The Bertz CT molecular complexity index is 593. The summed E-state index contributed by atoms with van der Waals surface area (Å²) in [4.78, 5) is 24.2. The largest absolute Gasteiger partial charge is 0.281 e. The van der Waals surface area contributed by atoms with Gasteiger partial charge in [0.05, 0.1) is 0 Å². The second-order valence-corrected chi connectivity index (χ2v) is 6.45. The Morgan fingerprint density at radius 2 is 1.05 bits per heavy atom. The van der Waals surface area contributed by atoms with Gasteiger partial charge in [0.15, 0.2) is 0 Å². The van der Waals surface area contributed by atoms with Gasteiger partial charge < -0.3 is 0 Å². The van der Waals surface area contributed by atoms with Gasteiger partial charge >= 0.3 is 0 Å². The highest BCUT2D eigenvalue weighted by molar-refractivity contribution is 8.87. The highest BCUT2D eigenvalue weighted by Gasteiger charge is 2.15. The van der Waals surface area contributed by atoms with Crippen molar-refractivity contribution in [1.29, 1.82) is 0 Å². The third-order valence-electron chi connectivity index (χ3n) is 2.92. The molecule has 0 aliphatic heterocycles. The summed E-state index contributed by atoms with van der Waals surface area (Å²) in [7, 11) is 1.97. The van der Waals surface area contributed by atoms with E-state index < -0.39 is 0 Å². The van der Waals surface area contributed by atoms with E-state index in [1.807, 2.05) is 50.2 Å². The molecule has 0 N–H and O–H groups in total. The van der Waals surface area contributed by atoms with Crippen LogP contribution in [0.4, 0.5) is 0 Å². The van der Waals surface area contributed by atoms with Crippen LogP contribution >= 0.6 is 21.6 Å². The number of hydrogen-bond acceptors (Lipinski definition) is 4. The lowest BCUT2D eigenvalue weighted by molar-refractivity contribution is 0.107. The van der Waals surface area contributed by atoms with Crippen LogP contribution in [0, 0.1) is 13.8 Å². The van der Waals surface area contributed by atoms with Crippen molar-refractivity contribution >= 4 is 31.8 Å². The van der Waals surface area contributed by atoms with Gasteiger partial charge in [-0.1, -0.05) is 48.5 Å². The summed E-state index contributed by atoms with van der Waals surface area (Å²) in [6.07, 6.45) is 0. The molecule has 0 heterocycles. The quantitative estimate of drug-likeness (QED) is 0.755. The lowest BCUT2D eigenvalue weighted by Crippen LogP contribution is -1.98. The smallest absolute Gasteiger partial charge is 0.230 e. The number of carbonyl (C=O) groups excluding carboxylic acids is 2. The minimum absolute atomic E-state index is 0.0879. The molecule has 0 spiro atoms. The van der Waals surface area contributed by atoms with Crippen LogP contribution in [0.3, 0.4) is 0 Å². The van der Waals surface area contributed by atoms with E-state index in [4.69, 9.17) is 0 Å². The predicted octanol–water partition coefficient (Wildman–Crippen LogP) is 4.67. The van der Waals surface area contributed by atoms with Crippen molar-refractivity contribution in [2.45, 2.75) is 13.8 Å². The van der Waals surface area contributed by atoms with Gasteiger partial charge in [-0.15, -0.1) is 0 Å². The van der Waals surface area contributed by atoms with Crippen LogP contribution in [0.25, 0.3) is 0 Å². The molecule has 0 saturated carbocycles. The fourth-order valence-corrected chi connectivity index (χ4v) is 3.55. The summed E-state index contributed by atoms with van der Waals surface area (Å²) in [5.74, 6) is 0. The van der Waals surface area contributed by atoms with Crippen molar-refractivity contribution in [3.8, 4) is 0 Å². The molecular weight excluding hydrogens is 288 g/mol. The van der Waals surface area contributed by atoms with Crippen LogP contribution in [-0.4, -0.2) is 10.2 Å². The summed E-state index contributed by atoms with van der Waals surface area (Å²) in [6.45, 7) is 3.78. The molecule has 0 aliphatic carbocycles. The lowest BCUT2D eigenvalue weighted by atomic mass is 10.1. The summed E-state index contributed by atoms with van der Waals surface area (Å²) in [5.41, 5.74) is 3.16. The molecular formula is C16H14O2S2. The van der Waals surface area contributed by atoms with Gasteiger partial charge in [0.2, 0.25) is 10.2 Å². The van der Waals surface area contributed by atoms with Crippen molar-refractivity contribution in [1.82, 2.24) is 0 Å². The zero-order chi connectivity index (χ0) is 14.5. The molecule has 0 bridgehead atoms. The fraction of sp³-hybridized carbons (Fsp3) is 0.125. The van der Waals surface area contributed by atoms with E-state index in [1.54, 1.807) is 12.1 Å². The maximum Gasteiger partial charge on any atom is 0.230 e. The summed E-state index contributed by atoms with van der Waals surface area (Å²) >= 11 is 0. The monoisotopic (exact) mass is 302 g/mol. The minimum atomic E-state index is -0.0879. The number of aryl methyl sites for hydroxylation is 2. The van der Waals surface area contributed by atoms with E-state index >= 15 is 0 Å². The highest BCUT2D eigenvalue weighted by atomic mass is 33.1. The van der Waals surface area contributed by atoms with Gasteiger partial charge in [-0.2, -0.15) is 0 Å². The van der Waals surface area contributed by atoms with Gasteiger partial charge in [-0.3, -0.25) is 9.59 Å². The van der Waals surface area contributed by atoms with Gasteiger partial charge in [-0.25, -0.2) is 0 Å². The van der Waals surface area contributed by atoms with Gasteiger partial charge in [0.25, 0.3) is 0 Å². The van der Waals surface area contributed by atoms with Crippen LogP contribution in [0.1, 0.15) is 31.8 Å². The van der Waals surface area contributed by atoms with E-state index in [2.05, 4.69) is 0 Å². The second-order valence-electron chi connectivity index (χ2n) is 4.37. The molecule has 0 aromatic heterocycles. The molecule has 0 saturated heterocycles. The molecule has 2 aromatic carbocycles. The Labute approximate surface area is 126 Å². The lowest BCUT2D eigenvalue weighted by Gasteiger charge is -2.04. The molecule has 4 heteroatoms. The summed E-state index contributed by atoms with van der Waals surface area (Å²) in [6, 6.07) is 14.8. The van der Waals surface area contributed by atoms with E-state index in [1.165, 1.54) is 0 Å². The third kappa shape index (κ3) is 3.52. The standard InChI is InChI=1S/C16H14O2S2/c1-11-7-3-5-9-13(11)15(17)19-20-16(18)14-10-6-4-8-12(14)2/h3-10H,1-2H3. The fourth-order valence-electron chi connectivity index (χ4n) is 1.77. The zero-order valence-electron chi connectivity index (χ0n) is 11.3. The number of benzene rings is 2. The number of carbonyl (C=O) groups is 2. The number of rotatable bonds is 2. The first-order chi connectivity index (χ1) is 9.59. The number of hydrogen-bond donors (Lipinski definition) is 0. The van der Waals surface area contributed by atoms with Crippen molar-refractivity contribution in [3.05, 3.63) is 70.8 Å². The Kier molecular flexibility index (Phi) is 5.04. The predicted molar refractivity (Wildman–Crippen MR) is 86.2 cm³/mol. The molecule has 2 aromatic rings. The molecule has 2 rings (SSSR count). The molecule has 0 aliphatic rings. The Morgan fingerprint density at radius 3 is 1.40 bits per heavy atom. The summed E-state index contributed by atoms with van der Waals surface area (Å²) in [5, 5.41) is -0.176. The first-order valence-electron chi connectivity index (χ1n) is 6.14. The van der Waals surface area contributed by atoms with Gasteiger partial charge in [0.1, 0.15) is 0 Å². The molecule has 102 valence electrons. The average molecular weight is 302 g/mol. The van der Waals surface area contributed by atoms with E-state index in [0.717, 1.165) is 32.7 Å². The maximum absolute atomic E-state index is 12.1. The van der Waals surface area contributed by atoms with Crippen molar-refractivity contribution in [2.24, 2.45) is 0 Å². The van der Waals surface area contributed by atoms with Crippen LogP contribution in [0.15, 0.2) is 48.5 Å². The van der Waals surface area contributed by atoms with Crippen LogP contribution < -0.4 is 0 Å². The van der Waals surface area contributed by atoms with Crippen LogP contribution in [0.5, 0.6) is 0 Å². The molecule has 0 atom stereocenters. The first-order valence-corrected chi connectivity index (χ1v) is 8.29. The van der Waals surface area contributed by atoms with Crippen LogP contribution in [-0.2, 0) is 0 Å². The zero-order valence-corrected chi connectivity index (χ0v) is 12.9. The van der Waals surface area contributed by atoms with Gasteiger partial charge in [-0.05, 0) is 46.6 Å². The summed E-state index contributed by atoms with van der Waals surface area (Å²) < 4.78 is 0. The van der Waals surface area contributed by atoms with E-state index in [0.29, 0.717) is 11.1 Å². The SMILES string of the molecule is Cc1ccccc1C(=O)SSC(=O)c1ccccc1C. The molecule has 0 amide bonds. The topological polar surface area (TPSA) is 34.1 Å². The van der Waals surface area contributed by atoms with Crippen molar-refractivity contribution < 1.29 is 9.59 Å². The Morgan fingerprint density at radius 1 is 0.700 bits per heavy atom. The Hall–Kier alpha value is -1.52. The third-order valence-corrected chi connectivity index (χ3v) is 4.91.